The number of ketones is 1. The van der Waals surface area contributed by atoms with Crippen molar-refractivity contribution in [1.29, 1.82) is 0 Å². The van der Waals surface area contributed by atoms with Gasteiger partial charge in [-0.1, -0.05) is 51.1 Å². The molecule has 0 saturated heterocycles. The van der Waals surface area contributed by atoms with E-state index in [-0.39, 0.29) is 17.9 Å². The van der Waals surface area contributed by atoms with E-state index in [1.807, 2.05) is 64.2 Å². The van der Waals surface area contributed by atoms with E-state index in [0.29, 0.717) is 0 Å². The Morgan fingerprint density at radius 3 is 2.14 bits per heavy atom. The van der Waals surface area contributed by atoms with Crippen molar-refractivity contribution in [2.24, 2.45) is 0 Å². The standard InChI is InChI=1S/C20H33O7PSi/c1-15(16-10-8-7-9-11-16)26-19(22)13-18(12-17(21)14-28(23,24)25)27-29(5,6)20(2,3)4/h7-11,15,18H,12-14H2,1-6H3,(H2,23,24,25)/t15-,18?/m1/s1. The van der Waals surface area contributed by atoms with E-state index in [1.165, 1.54) is 0 Å². The van der Waals surface area contributed by atoms with Gasteiger partial charge >= 0.3 is 13.6 Å². The third kappa shape index (κ3) is 9.36. The minimum atomic E-state index is -4.47. The van der Waals surface area contributed by atoms with Crippen LogP contribution in [0.5, 0.6) is 0 Å². The number of hydrogen-bond donors (Lipinski definition) is 2. The molecular weight excluding hydrogens is 411 g/mol. The summed E-state index contributed by atoms with van der Waals surface area (Å²) in [6, 6.07) is 9.28. The third-order valence-corrected chi connectivity index (χ3v) is 10.4. The van der Waals surface area contributed by atoms with Gasteiger partial charge in [0.1, 0.15) is 18.0 Å². The molecule has 0 aliphatic rings. The Hall–Kier alpha value is -1.31. The first kappa shape index (κ1) is 25.7. The maximum Gasteiger partial charge on any atom is 0.332 e. The molecule has 2 N–H and O–H groups in total. The van der Waals surface area contributed by atoms with Gasteiger partial charge < -0.3 is 18.9 Å². The van der Waals surface area contributed by atoms with Crippen molar-refractivity contribution < 1.29 is 33.1 Å². The van der Waals surface area contributed by atoms with Gasteiger partial charge in [0.25, 0.3) is 0 Å². The molecule has 164 valence electrons. The van der Waals surface area contributed by atoms with Crippen molar-refractivity contribution in [2.75, 3.05) is 6.16 Å². The molecule has 1 aromatic carbocycles. The van der Waals surface area contributed by atoms with Gasteiger partial charge in [0.2, 0.25) is 0 Å². The maximum absolute atomic E-state index is 12.5. The highest BCUT2D eigenvalue weighted by Crippen LogP contribution is 2.39. The zero-order valence-corrected chi connectivity index (χ0v) is 19.9. The molecule has 2 atom stereocenters. The Morgan fingerprint density at radius 1 is 1.10 bits per heavy atom. The van der Waals surface area contributed by atoms with E-state index in [1.54, 1.807) is 6.92 Å². The number of carbonyl (C=O) groups excluding carboxylic acids is 2. The van der Waals surface area contributed by atoms with Crippen LogP contribution in [0.25, 0.3) is 0 Å². The predicted molar refractivity (Wildman–Crippen MR) is 114 cm³/mol. The lowest BCUT2D eigenvalue weighted by molar-refractivity contribution is -0.150. The smallest absolute Gasteiger partial charge is 0.332 e. The summed E-state index contributed by atoms with van der Waals surface area (Å²) < 4.78 is 22.8. The molecule has 29 heavy (non-hydrogen) atoms. The van der Waals surface area contributed by atoms with Gasteiger partial charge in [-0.3, -0.25) is 14.2 Å². The maximum atomic E-state index is 12.5. The number of esters is 1. The largest absolute Gasteiger partial charge is 0.458 e. The SMILES string of the molecule is C[C@@H](OC(=O)CC(CC(=O)CP(=O)(O)O)O[Si](C)(C)C(C)(C)C)c1ccccc1. The summed E-state index contributed by atoms with van der Waals surface area (Å²) in [7, 11) is -6.79. The monoisotopic (exact) mass is 444 g/mol. The van der Waals surface area contributed by atoms with Crippen LogP contribution < -0.4 is 0 Å². The van der Waals surface area contributed by atoms with Crippen LogP contribution in [0.3, 0.4) is 0 Å². The van der Waals surface area contributed by atoms with Crippen LogP contribution in [0.2, 0.25) is 18.1 Å². The lowest BCUT2D eigenvalue weighted by atomic mass is 10.1. The summed E-state index contributed by atoms with van der Waals surface area (Å²) in [6.45, 7) is 11.8. The molecule has 0 spiro atoms. The van der Waals surface area contributed by atoms with E-state index in [0.717, 1.165) is 5.56 Å². The molecule has 0 amide bonds. The fraction of sp³-hybridized carbons (Fsp3) is 0.600. The van der Waals surface area contributed by atoms with E-state index < -0.39 is 46.0 Å². The van der Waals surface area contributed by atoms with E-state index in [2.05, 4.69) is 0 Å². The Labute approximate surface area is 174 Å². The van der Waals surface area contributed by atoms with Crippen LogP contribution in [-0.4, -0.2) is 42.1 Å². The normalized spacial score (nSPS) is 14.9. The van der Waals surface area contributed by atoms with E-state index in [4.69, 9.17) is 18.9 Å². The zero-order chi connectivity index (χ0) is 22.5. The molecule has 0 aliphatic carbocycles. The molecule has 0 aromatic heterocycles. The summed E-state index contributed by atoms with van der Waals surface area (Å²) in [6.07, 6.45) is -2.50. The van der Waals surface area contributed by atoms with Crippen molar-refractivity contribution in [3.8, 4) is 0 Å². The Morgan fingerprint density at radius 2 is 1.66 bits per heavy atom. The first-order valence-corrected chi connectivity index (χ1v) is 14.3. The van der Waals surface area contributed by atoms with Crippen LogP contribution in [-0.2, 0) is 23.3 Å². The van der Waals surface area contributed by atoms with Crippen molar-refractivity contribution in [1.82, 2.24) is 0 Å². The third-order valence-electron chi connectivity index (χ3n) is 5.08. The molecule has 0 heterocycles. The van der Waals surface area contributed by atoms with Gasteiger partial charge in [-0.25, -0.2) is 0 Å². The number of ether oxygens (including phenoxy) is 1. The summed E-state index contributed by atoms with van der Waals surface area (Å²) in [5.41, 5.74) is 0.847. The second-order valence-corrected chi connectivity index (χ2v) is 15.2. The molecule has 1 rings (SSSR count). The first-order chi connectivity index (χ1) is 13.1. The Balaban J connectivity index is 2.88. The van der Waals surface area contributed by atoms with Crippen LogP contribution >= 0.6 is 7.60 Å². The second kappa shape index (κ2) is 10.1. The number of carbonyl (C=O) groups is 2. The topological polar surface area (TPSA) is 110 Å². The van der Waals surface area contributed by atoms with Gasteiger partial charge in [-0.2, -0.15) is 0 Å². The molecule has 1 aromatic rings. The van der Waals surface area contributed by atoms with Crippen LogP contribution in [0.15, 0.2) is 30.3 Å². The van der Waals surface area contributed by atoms with Crippen LogP contribution in [0.4, 0.5) is 0 Å². The lowest BCUT2D eigenvalue weighted by Crippen LogP contribution is -2.45. The minimum absolute atomic E-state index is 0.154. The Bertz CT molecular complexity index is 737. The van der Waals surface area contributed by atoms with Gasteiger partial charge in [0.05, 0.1) is 12.5 Å². The first-order valence-electron chi connectivity index (χ1n) is 9.59. The number of benzene rings is 1. The molecule has 0 saturated carbocycles. The van der Waals surface area contributed by atoms with E-state index in [9.17, 15) is 14.2 Å². The Kier molecular flexibility index (Phi) is 8.99. The average molecular weight is 445 g/mol. The number of rotatable bonds is 10. The van der Waals surface area contributed by atoms with Crippen molar-refractivity contribution in [3.63, 3.8) is 0 Å². The number of hydrogen-bond acceptors (Lipinski definition) is 5. The fourth-order valence-corrected chi connectivity index (χ4v) is 4.46. The van der Waals surface area contributed by atoms with Crippen molar-refractivity contribution in [2.45, 2.75) is 70.9 Å². The molecule has 0 radical (unpaired) electrons. The summed E-state index contributed by atoms with van der Waals surface area (Å²) in [5.74, 6) is -1.15. The molecule has 0 bridgehead atoms. The van der Waals surface area contributed by atoms with Crippen molar-refractivity contribution >= 4 is 27.7 Å². The molecule has 7 nitrogen and oxygen atoms in total. The highest BCUT2D eigenvalue weighted by atomic mass is 31.2. The molecular formula is C20H33O7PSi. The molecule has 9 heteroatoms. The summed E-state index contributed by atoms with van der Waals surface area (Å²) in [4.78, 5) is 42.7. The highest BCUT2D eigenvalue weighted by molar-refractivity contribution is 7.52. The minimum Gasteiger partial charge on any atom is -0.458 e. The molecule has 0 aliphatic heterocycles. The highest BCUT2D eigenvalue weighted by Gasteiger charge is 2.40. The predicted octanol–water partition coefficient (Wildman–Crippen LogP) is 4.21. The molecule has 1 unspecified atom stereocenters. The van der Waals surface area contributed by atoms with Gasteiger partial charge in [-0.15, -0.1) is 0 Å². The van der Waals surface area contributed by atoms with Gasteiger partial charge in [0.15, 0.2) is 8.32 Å². The van der Waals surface area contributed by atoms with Crippen molar-refractivity contribution in [3.05, 3.63) is 35.9 Å². The van der Waals surface area contributed by atoms with Gasteiger partial charge in [0, 0.05) is 6.42 Å². The van der Waals surface area contributed by atoms with E-state index >= 15 is 0 Å². The second-order valence-electron chi connectivity index (χ2n) is 8.81. The fourth-order valence-electron chi connectivity index (χ4n) is 2.52. The zero-order valence-electron chi connectivity index (χ0n) is 18.0. The summed E-state index contributed by atoms with van der Waals surface area (Å²) >= 11 is 0. The average Bonchev–Trinajstić information content (AvgIpc) is 2.51. The molecule has 0 fully saturated rings. The summed E-state index contributed by atoms with van der Waals surface area (Å²) in [5, 5.41) is -0.154. The lowest BCUT2D eigenvalue weighted by Gasteiger charge is -2.39. The number of Topliss-reactive ketones (excluding diaryl/α,β-unsaturated/α-hetero) is 1. The van der Waals surface area contributed by atoms with Crippen LogP contribution in [0.1, 0.15) is 52.2 Å². The van der Waals surface area contributed by atoms with Gasteiger partial charge in [-0.05, 0) is 30.6 Å². The quantitative estimate of drug-likeness (QED) is 0.316. The van der Waals surface area contributed by atoms with Crippen LogP contribution in [0, 0.1) is 0 Å².